The fourth-order valence-corrected chi connectivity index (χ4v) is 3.55. The van der Waals surface area contributed by atoms with Crippen LogP contribution in [0.1, 0.15) is 32.6 Å². The van der Waals surface area contributed by atoms with Crippen molar-refractivity contribution in [1.29, 1.82) is 0 Å². The molecule has 1 aromatic rings. The zero-order chi connectivity index (χ0) is 17.5. The Morgan fingerprint density at radius 2 is 1.64 bits per heavy atom. The van der Waals surface area contributed by atoms with Gasteiger partial charge in [-0.15, -0.1) is 0 Å². The molecule has 25 heavy (non-hydrogen) atoms. The Morgan fingerprint density at radius 3 is 2.36 bits per heavy atom. The van der Waals surface area contributed by atoms with Crippen molar-refractivity contribution in [2.24, 2.45) is 0 Å². The van der Waals surface area contributed by atoms with E-state index in [1.54, 1.807) is 6.33 Å². The lowest BCUT2D eigenvalue weighted by Crippen LogP contribution is -2.35. The number of anilines is 2. The summed E-state index contributed by atoms with van der Waals surface area (Å²) < 4.78 is 5.06. The summed E-state index contributed by atoms with van der Waals surface area (Å²) in [4.78, 5) is 27.5. The predicted molar refractivity (Wildman–Crippen MR) is 98.0 cm³/mol. The molecule has 2 fully saturated rings. The fourth-order valence-electron chi connectivity index (χ4n) is 3.55. The Hall–Kier alpha value is -1.89. The molecule has 0 aromatic carbocycles. The van der Waals surface area contributed by atoms with Crippen LogP contribution in [0.5, 0.6) is 0 Å². The van der Waals surface area contributed by atoms with Gasteiger partial charge < -0.3 is 14.5 Å². The second-order valence-corrected chi connectivity index (χ2v) is 6.70. The first-order valence-corrected chi connectivity index (χ1v) is 9.46. The molecule has 2 aliphatic rings. The van der Waals surface area contributed by atoms with Gasteiger partial charge in [-0.3, -0.25) is 9.69 Å². The Bertz CT molecular complexity index is 562. The van der Waals surface area contributed by atoms with Gasteiger partial charge in [0.05, 0.1) is 13.2 Å². The molecule has 0 N–H and O–H groups in total. The van der Waals surface area contributed by atoms with Crippen LogP contribution in [0.25, 0.3) is 0 Å². The molecular weight excluding hydrogens is 318 g/mol. The van der Waals surface area contributed by atoms with Crippen LogP contribution < -0.4 is 9.80 Å². The fraction of sp³-hybridized carbons (Fsp3) is 0.722. The molecule has 138 valence electrons. The first kappa shape index (κ1) is 17.9. The lowest BCUT2D eigenvalue weighted by Gasteiger charge is -2.29. The van der Waals surface area contributed by atoms with E-state index in [2.05, 4.69) is 30.7 Å². The summed E-state index contributed by atoms with van der Waals surface area (Å²) in [5, 5.41) is 0. The average Bonchev–Trinajstić information content (AvgIpc) is 2.88. The van der Waals surface area contributed by atoms with E-state index in [0.29, 0.717) is 13.2 Å². The molecule has 1 aromatic heterocycles. The number of piperidine rings is 1. The van der Waals surface area contributed by atoms with Gasteiger partial charge in [0.1, 0.15) is 18.0 Å². The van der Waals surface area contributed by atoms with Gasteiger partial charge in [-0.2, -0.15) is 0 Å². The molecule has 0 saturated carbocycles. The second-order valence-electron chi connectivity index (χ2n) is 6.70. The van der Waals surface area contributed by atoms with Crippen molar-refractivity contribution >= 4 is 17.6 Å². The summed E-state index contributed by atoms with van der Waals surface area (Å²) in [6.07, 6.45) is 6.50. The Kier molecular flexibility index (Phi) is 6.44. The number of nitrogens with zero attached hydrogens (tertiary/aromatic N) is 5. The summed E-state index contributed by atoms with van der Waals surface area (Å²) in [6, 6.07) is 2.12. The summed E-state index contributed by atoms with van der Waals surface area (Å²) >= 11 is 0. The number of hydrogen-bond acceptors (Lipinski definition) is 7. The third kappa shape index (κ3) is 5.04. The van der Waals surface area contributed by atoms with E-state index >= 15 is 0 Å². The highest BCUT2D eigenvalue weighted by Crippen LogP contribution is 2.22. The maximum atomic E-state index is 11.7. The molecular formula is C18H29N5O2. The Balaban J connectivity index is 1.59. The van der Waals surface area contributed by atoms with Crippen molar-refractivity contribution in [3.8, 4) is 0 Å². The lowest BCUT2D eigenvalue weighted by molar-refractivity contribution is -0.144. The number of esters is 1. The molecule has 3 rings (SSSR count). The molecule has 0 spiro atoms. The van der Waals surface area contributed by atoms with Gasteiger partial charge in [0, 0.05) is 45.3 Å². The van der Waals surface area contributed by atoms with Crippen LogP contribution >= 0.6 is 0 Å². The molecule has 0 unspecified atom stereocenters. The molecule has 0 radical (unpaired) electrons. The van der Waals surface area contributed by atoms with Crippen LogP contribution in [0, 0.1) is 0 Å². The van der Waals surface area contributed by atoms with Crippen molar-refractivity contribution in [3.05, 3.63) is 12.4 Å². The molecule has 7 nitrogen and oxygen atoms in total. The van der Waals surface area contributed by atoms with Crippen LogP contribution in [0.4, 0.5) is 11.6 Å². The third-order valence-electron chi connectivity index (χ3n) is 4.89. The average molecular weight is 347 g/mol. The van der Waals surface area contributed by atoms with E-state index < -0.39 is 0 Å². The zero-order valence-electron chi connectivity index (χ0n) is 15.2. The molecule has 7 heteroatoms. The third-order valence-corrected chi connectivity index (χ3v) is 4.89. The van der Waals surface area contributed by atoms with Gasteiger partial charge in [-0.25, -0.2) is 9.97 Å². The van der Waals surface area contributed by atoms with Crippen molar-refractivity contribution in [2.45, 2.75) is 32.6 Å². The largest absolute Gasteiger partial charge is 0.465 e. The van der Waals surface area contributed by atoms with E-state index in [9.17, 15) is 4.79 Å². The minimum absolute atomic E-state index is 0.134. The van der Waals surface area contributed by atoms with Crippen molar-refractivity contribution < 1.29 is 9.53 Å². The standard InChI is InChI=1S/C18H29N5O2/c1-2-25-18(24)14-21-7-6-10-23(12-11-21)17-13-16(19-15-20-17)22-8-4-3-5-9-22/h13,15H,2-12,14H2,1H3. The number of hydrogen-bond donors (Lipinski definition) is 0. The number of carbonyl (C=O) groups excluding carboxylic acids is 1. The lowest BCUT2D eigenvalue weighted by atomic mass is 10.1. The summed E-state index contributed by atoms with van der Waals surface area (Å²) in [7, 11) is 0. The van der Waals surface area contributed by atoms with Crippen molar-refractivity contribution in [3.63, 3.8) is 0 Å². The number of ether oxygens (including phenoxy) is 1. The SMILES string of the molecule is CCOC(=O)CN1CCCN(c2cc(N3CCCCC3)ncn2)CC1. The van der Waals surface area contributed by atoms with Crippen molar-refractivity contribution in [2.75, 3.05) is 62.2 Å². The van der Waals surface area contributed by atoms with E-state index in [4.69, 9.17) is 4.74 Å². The maximum absolute atomic E-state index is 11.7. The minimum atomic E-state index is -0.134. The number of carbonyl (C=O) groups is 1. The van der Waals surface area contributed by atoms with Crippen LogP contribution in [-0.2, 0) is 9.53 Å². The second kappa shape index (κ2) is 8.99. The molecule has 3 heterocycles. The van der Waals surface area contributed by atoms with Crippen LogP contribution in [0.15, 0.2) is 12.4 Å². The highest BCUT2D eigenvalue weighted by Gasteiger charge is 2.20. The number of aromatic nitrogens is 2. The monoisotopic (exact) mass is 347 g/mol. The topological polar surface area (TPSA) is 61.8 Å². The maximum Gasteiger partial charge on any atom is 0.320 e. The molecule has 0 atom stereocenters. The van der Waals surface area contributed by atoms with Gasteiger partial charge in [0.25, 0.3) is 0 Å². The van der Waals surface area contributed by atoms with E-state index in [1.807, 2.05) is 6.92 Å². The molecule has 2 saturated heterocycles. The first-order valence-electron chi connectivity index (χ1n) is 9.46. The number of rotatable bonds is 5. The molecule has 0 amide bonds. The molecule has 0 aliphatic carbocycles. The zero-order valence-corrected chi connectivity index (χ0v) is 15.2. The molecule has 0 bridgehead atoms. The summed E-state index contributed by atoms with van der Waals surface area (Å²) in [5.41, 5.74) is 0. The minimum Gasteiger partial charge on any atom is -0.465 e. The first-order chi connectivity index (χ1) is 12.3. The van der Waals surface area contributed by atoms with Crippen molar-refractivity contribution in [1.82, 2.24) is 14.9 Å². The quantitative estimate of drug-likeness (QED) is 0.749. The smallest absolute Gasteiger partial charge is 0.320 e. The van der Waals surface area contributed by atoms with Crippen LogP contribution in [0.3, 0.4) is 0 Å². The predicted octanol–water partition coefficient (Wildman–Crippen LogP) is 1.54. The summed E-state index contributed by atoms with van der Waals surface area (Å²) in [5.74, 6) is 1.90. The Labute approximate surface area is 150 Å². The highest BCUT2D eigenvalue weighted by molar-refractivity contribution is 5.71. The van der Waals surface area contributed by atoms with Gasteiger partial charge in [-0.1, -0.05) is 0 Å². The van der Waals surface area contributed by atoms with E-state index in [-0.39, 0.29) is 5.97 Å². The highest BCUT2D eigenvalue weighted by atomic mass is 16.5. The van der Waals surface area contributed by atoms with Gasteiger partial charge in [0.15, 0.2) is 0 Å². The molecule has 2 aliphatic heterocycles. The van der Waals surface area contributed by atoms with Crippen LogP contribution in [-0.4, -0.2) is 73.3 Å². The van der Waals surface area contributed by atoms with Gasteiger partial charge in [-0.05, 0) is 32.6 Å². The van der Waals surface area contributed by atoms with Gasteiger partial charge in [0.2, 0.25) is 0 Å². The van der Waals surface area contributed by atoms with Crippen LogP contribution in [0.2, 0.25) is 0 Å². The Morgan fingerprint density at radius 1 is 0.960 bits per heavy atom. The summed E-state index contributed by atoms with van der Waals surface area (Å²) in [6.45, 7) is 8.43. The normalized spacial score (nSPS) is 19.6. The van der Waals surface area contributed by atoms with Gasteiger partial charge >= 0.3 is 5.97 Å². The van der Waals surface area contributed by atoms with E-state index in [1.165, 1.54) is 19.3 Å². The van der Waals surface area contributed by atoms with E-state index in [0.717, 1.165) is 57.3 Å².